The molecule has 8 nitrogen and oxygen atoms in total. The lowest BCUT2D eigenvalue weighted by Crippen LogP contribution is -2.23. The number of carbonyl (C=O) groups is 1. The molecule has 0 bridgehead atoms. The lowest BCUT2D eigenvalue weighted by atomic mass is 10.1. The average Bonchev–Trinajstić information content (AvgIpc) is 3.21. The van der Waals surface area contributed by atoms with Gasteiger partial charge in [-0.15, -0.1) is 0 Å². The first-order valence-corrected chi connectivity index (χ1v) is 8.33. The molecule has 0 atom stereocenters. The third-order valence-corrected chi connectivity index (χ3v) is 4.91. The van der Waals surface area contributed by atoms with Crippen LogP contribution in [0.1, 0.15) is 5.76 Å². The van der Waals surface area contributed by atoms with Crippen LogP contribution in [0.5, 0.6) is 5.75 Å². The Kier molecular flexibility index (Phi) is 4.81. The van der Waals surface area contributed by atoms with Crippen molar-refractivity contribution in [3.63, 3.8) is 0 Å². The molecule has 0 saturated carbocycles. The number of rotatable bonds is 4. The number of hydrogen-bond acceptors (Lipinski definition) is 7. The van der Waals surface area contributed by atoms with Gasteiger partial charge in [-0.3, -0.25) is 24.8 Å². The Balaban J connectivity index is 1.96. The maximum absolute atomic E-state index is 12.2. The highest BCUT2D eigenvalue weighted by molar-refractivity contribution is 8.18. The normalized spacial score (nSPS) is 17.3. The summed E-state index contributed by atoms with van der Waals surface area (Å²) in [5.74, 6) is 1.15. The molecular weight excluding hydrogens is 358 g/mol. The molecule has 1 aromatic heterocycles. The van der Waals surface area contributed by atoms with Crippen molar-refractivity contribution in [1.29, 1.82) is 0 Å². The molecule has 1 fully saturated rings. The van der Waals surface area contributed by atoms with Crippen LogP contribution in [-0.4, -0.2) is 42.1 Å². The second kappa shape index (κ2) is 7.04. The van der Waals surface area contributed by atoms with Crippen molar-refractivity contribution in [3.8, 4) is 17.1 Å². The number of likely N-dealkylation sites (N-methyl/N-ethyl adjacent to an activating group) is 1. The van der Waals surface area contributed by atoms with Crippen LogP contribution >= 0.6 is 11.8 Å². The third-order valence-electron chi connectivity index (χ3n) is 3.75. The number of carbonyl (C=O) groups excluding carboxylic acids is 1. The first-order chi connectivity index (χ1) is 12.4. The van der Waals surface area contributed by atoms with Crippen LogP contribution in [0.3, 0.4) is 0 Å². The fraction of sp³-hybridized carbons (Fsp3) is 0.176. The number of amides is 1. The molecule has 2 heterocycles. The summed E-state index contributed by atoms with van der Waals surface area (Å²) < 4.78 is 11.0. The van der Waals surface area contributed by atoms with Gasteiger partial charge in [0.25, 0.3) is 11.6 Å². The van der Waals surface area contributed by atoms with E-state index in [1.807, 2.05) is 0 Å². The second-order valence-corrected chi connectivity index (χ2v) is 6.33. The van der Waals surface area contributed by atoms with E-state index in [0.717, 1.165) is 0 Å². The molecule has 0 unspecified atom stereocenters. The first-order valence-electron chi connectivity index (χ1n) is 7.51. The van der Waals surface area contributed by atoms with E-state index in [-0.39, 0.29) is 11.6 Å². The monoisotopic (exact) mass is 373 g/mol. The van der Waals surface area contributed by atoms with E-state index in [2.05, 4.69) is 4.99 Å². The Morgan fingerprint density at radius 2 is 2.12 bits per heavy atom. The molecule has 0 radical (unpaired) electrons. The first kappa shape index (κ1) is 17.7. The molecule has 0 aliphatic carbocycles. The van der Waals surface area contributed by atoms with Crippen molar-refractivity contribution in [2.45, 2.75) is 0 Å². The molecule has 1 aliphatic heterocycles. The van der Waals surface area contributed by atoms with Gasteiger partial charge in [0.1, 0.15) is 17.3 Å². The SMILES string of the molecule is CN=C1S/C(=C/c2ccc(-c3cc([N+](=O)[O-])ccc3OC)o2)C(=O)N1C. The summed E-state index contributed by atoms with van der Waals surface area (Å²) in [5.41, 5.74) is 0.397. The van der Waals surface area contributed by atoms with Gasteiger partial charge in [-0.2, -0.15) is 0 Å². The van der Waals surface area contributed by atoms with Crippen LogP contribution in [0.4, 0.5) is 5.69 Å². The van der Waals surface area contributed by atoms with Crippen molar-refractivity contribution in [1.82, 2.24) is 4.90 Å². The second-order valence-electron chi connectivity index (χ2n) is 5.32. The molecule has 1 saturated heterocycles. The summed E-state index contributed by atoms with van der Waals surface area (Å²) in [5, 5.41) is 11.6. The zero-order valence-electron chi connectivity index (χ0n) is 14.3. The Hall–Kier alpha value is -3.07. The van der Waals surface area contributed by atoms with Crippen LogP contribution in [-0.2, 0) is 4.79 Å². The predicted molar refractivity (Wildman–Crippen MR) is 99.0 cm³/mol. The van der Waals surface area contributed by atoms with Crippen LogP contribution in [0, 0.1) is 10.1 Å². The number of nitro benzene ring substituents is 1. The molecule has 0 N–H and O–H groups in total. The number of furan rings is 1. The van der Waals surface area contributed by atoms with Gasteiger partial charge in [0.05, 0.1) is 22.5 Å². The van der Waals surface area contributed by atoms with Gasteiger partial charge in [0.2, 0.25) is 0 Å². The number of thioether (sulfide) groups is 1. The molecule has 1 aliphatic rings. The van der Waals surface area contributed by atoms with Crippen LogP contribution < -0.4 is 4.74 Å². The lowest BCUT2D eigenvalue weighted by Gasteiger charge is -2.05. The Morgan fingerprint density at radius 1 is 1.35 bits per heavy atom. The summed E-state index contributed by atoms with van der Waals surface area (Å²) in [6.07, 6.45) is 1.62. The topological polar surface area (TPSA) is 98.2 Å². The Labute approximate surface area is 153 Å². The number of amidine groups is 1. The van der Waals surface area contributed by atoms with Gasteiger partial charge in [0.15, 0.2) is 5.17 Å². The summed E-state index contributed by atoms with van der Waals surface area (Å²) in [6, 6.07) is 7.64. The fourth-order valence-electron chi connectivity index (χ4n) is 2.46. The van der Waals surface area contributed by atoms with E-state index in [4.69, 9.17) is 9.15 Å². The van der Waals surface area contributed by atoms with E-state index in [9.17, 15) is 14.9 Å². The molecule has 3 rings (SSSR count). The lowest BCUT2D eigenvalue weighted by molar-refractivity contribution is -0.384. The highest BCUT2D eigenvalue weighted by Gasteiger charge is 2.30. The van der Waals surface area contributed by atoms with Crippen molar-refractivity contribution >= 4 is 34.6 Å². The minimum Gasteiger partial charge on any atom is -0.496 e. The van der Waals surface area contributed by atoms with Crippen molar-refractivity contribution < 1.29 is 18.9 Å². The number of benzene rings is 1. The number of ether oxygens (including phenoxy) is 1. The van der Waals surface area contributed by atoms with E-state index >= 15 is 0 Å². The zero-order chi connectivity index (χ0) is 18.8. The predicted octanol–water partition coefficient (Wildman–Crippen LogP) is 3.40. The summed E-state index contributed by atoms with van der Waals surface area (Å²) in [6.45, 7) is 0. The maximum atomic E-state index is 12.2. The van der Waals surface area contributed by atoms with Gasteiger partial charge < -0.3 is 9.15 Å². The highest BCUT2D eigenvalue weighted by atomic mass is 32.2. The summed E-state index contributed by atoms with van der Waals surface area (Å²) in [7, 11) is 4.75. The van der Waals surface area contributed by atoms with Gasteiger partial charge in [0, 0.05) is 32.3 Å². The van der Waals surface area contributed by atoms with Crippen molar-refractivity contribution in [3.05, 3.63) is 51.1 Å². The van der Waals surface area contributed by atoms with Gasteiger partial charge in [-0.05, 0) is 30.0 Å². The van der Waals surface area contributed by atoms with Crippen molar-refractivity contribution in [2.24, 2.45) is 4.99 Å². The largest absolute Gasteiger partial charge is 0.496 e. The zero-order valence-corrected chi connectivity index (χ0v) is 15.1. The van der Waals surface area contributed by atoms with Gasteiger partial charge >= 0.3 is 0 Å². The Bertz CT molecular complexity index is 948. The van der Waals surface area contributed by atoms with Crippen LogP contribution in [0.2, 0.25) is 0 Å². The fourth-order valence-corrected chi connectivity index (χ4v) is 3.36. The van der Waals surface area contributed by atoms with Gasteiger partial charge in [-0.1, -0.05) is 0 Å². The van der Waals surface area contributed by atoms with E-state index in [0.29, 0.717) is 32.9 Å². The molecule has 1 aromatic carbocycles. The van der Waals surface area contributed by atoms with Crippen LogP contribution in [0.15, 0.2) is 44.6 Å². The number of nitro groups is 1. The molecule has 134 valence electrons. The minimum absolute atomic E-state index is 0.0657. The number of non-ortho nitro benzene ring substituents is 1. The Morgan fingerprint density at radius 3 is 2.73 bits per heavy atom. The maximum Gasteiger partial charge on any atom is 0.270 e. The van der Waals surface area contributed by atoms with Gasteiger partial charge in [-0.25, -0.2) is 0 Å². The minimum atomic E-state index is -0.482. The van der Waals surface area contributed by atoms with E-state index in [1.54, 1.807) is 32.3 Å². The summed E-state index contributed by atoms with van der Waals surface area (Å²) >= 11 is 1.25. The van der Waals surface area contributed by atoms with E-state index in [1.165, 1.54) is 42.0 Å². The van der Waals surface area contributed by atoms with E-state index < -0.39 is 4.92 Å². The average molecular weight is 373 g/mol. The molecule has 9 heteroatoms. The molecule has 1 amide bonds. The quantitative estimate of drug-likeness (QED) is 0.463. The molecule has 26 heavy (non-hydrogen) atoms. The number of hydrogen-bond donors (Lipinski definition) is 0. The molecule has 0 spiro atoms. The third kappa shape index (κ3) is 3.21. The highest BCUT2D eigenvalue weighted by Crippen LogP contribution is 2.36. The standard InChI is InChI=1S/C17H15N3O5S/c1-18-17-19(2)16(21)15(26-17)9-11-5-7-14(25-11)12-8-10(20(22)23)4-6-13(12)24-3/h4-9H,1-3H3/b15-9+,18-17?. The molecule has 2 aromatic rings. The van der Waals surface area contributed by atoms with Crippen LogP contribution in [0.25, 0.3) is 17.4 Å². The number of aliphatic imine (C=N–C) groups is 1. The number of methoxy groups -OCH3 is 1. The summed E-state index contributed by atoms with van der Waals surface area (Å²) in [4.78, 5) is 28.7. The number of nitrogens with zero attached hydrogens (tertiary/aromatic N) is 3. The molecular formula is C17H15N3O5S. The smallest absolute Gasteiger partial charge is 0.270 e. The van der Waals surface area contributed by atoms with Crippen molar-refractivity contribution in [2.75, 3.05) is 21.2 Å².